The smallest absolute Gasteiger partial charge is 0.247 e. The molecule has 0 radical (unpaired) electrons. The molecule has 0 saturated heterocycles. The Kier molecular flexibility index (Phi) is 4.30. The average molecular weight is 247 g/mol. The van der Waals surface area contributed by atoms with E-state index in [-0.39, 0.29) is 0 Å². The largest absolute Gasteiger partial charge is 0.423 e. The normalized spacial score (nSPS) is 12.3. The molecule has 1 atom stereocenters. The molecule has 1 N–H and O–H groups in total. The molecule has 2 rings (SSSR count). The molecule has 0 aliphatic heterocycles. The molecule has 2 aromatic rings. The highest BCUT2D eigenvalue weighted by atomic mass is 16.5. The molecule has 0 saturated carbocycles. The molecule has 1 heterocycles. The van der Waals surface area contributed by atoms with Gasteiger partial charge in [-0.25, -0.2) is 0 Å². The molecule has 96 valence electrons. The molecule has 0 spiro atoms. The Morgan fingerprint density at radius 2 is 2.33 bits per heavy atom. The van der Waals surface area contributed by atoms with Crippen molar-refractivity contribution in [1.82, 2.24) is 10.2 Å². The summed E-state index contributed by atoms with van der Waals surface area (Å²) in [5.41, 5.74) is 1.95. The minimum Gasteiger partial charge on any atom is -0.423 e. The maximum absolute atomic E-state index is 5.17. The molecule has 0 bridgehead atoms. The van der Waals surface area contributed by atoms with Crippen LogP contribution in [0.4, 0.5) is 5.69 Å². The van der Waals surface area contributed by atoms with Gasteiger partial charge in [0, 0.05) is 24.9 Å². The van der Waals surface area contributed by atoms with Gasteiger partial charge in [-0.2, -0.15) is 0 Å². The van der Waals surface area contributed by atoms with Crippen LogP contribution < -0.4 is 5.32 Å². The monoisotopic (exact) mass is 247 g/mol. The molecule has 0 aliphatic rings. The van der Waals surface area contributed by atoms with Crippen molar-refractivity contribution in [2.75, 3.05) is 25.6 Å². The minimum absolute atomic E-state index is 0.460. The maximum atomic E-state index is 5.17. The summed E-state index contributed by atoms with van der Waals surface area (Å²) >= 11 is 0. The molecule has 1 aromatic carbocycles. The van der Waals surface area contributed by atoms with Crippen LogP contribution in [-0.4, -0.2) is 30.5 Å². The van der Waals surface area contributed by atoms with Crippen molar-refractivity contribution in [2.24, 2.45) is 5.92 Å². The lowest BCUT2D eigenvalue weighted by Crippen LogP contribution is -2.15. The fraction of sp³-hybridized carbons (Fsp3) is 0.385. The van der Waals surface area contributed by atoms with Gasteiger partial charge in [-0.1, -0.05) is 13.0 Å². The predicted molar refractivity (Wildman–Crippen MR) is 69.3 cm³/mol. The first kappa shape index (κ1) is 12.6. The van der Waals surface area contributed by atoms with Crippen LogP contribution in [0.3, 0.4) is 0 Å². The Hall–Kier alpha value is -1.88. The topological polar surface area (TPSA) is 60.2 Å². The maximum Gasteiger partial charge on any atom is 0.247 e. The van der Waals surface area contributed by atoms with Gasteiger partial charge in [-0.15, -0.1) is 10.2 Å². The third-order valence-electron chi connectivity index (χ3n) is 2.58. The Morgan fingerprint density at radius 1 is 1.44 bits per heavy atom. The standard InChI is InChI=1S/C13H17N3O2/c1-10(8-17-2)7-14-12-5-3-4-11(6-12)13-16-15-9-18-13/h3-6,9-10,14H,7-8H2,1-2H3. The van der Waals surface area contributed by atoms with Crippen molar-refractivity contribution in [3.05, 3.63) is 30.7 Å². The Balaban J connectivity index is 2.00. The van der Waals surface area contributed by atoms with Crippen molar-refractivity contribution in [2.45, 2.75) is 6.92 Å². The van der Waals surface area contributed by atoms with E-state index in [1.54, 1.807) is 7.11 Å². The SMILES string of the molecule is COCC(C)CNc1cccc(-c2nnco2)c1. The van der Waals surface area contributed by atoms with Crippen LogP contribution >= 0.6 is 0 Å². The minimum atomic E-state index is 0.460. The molecule has 1 aromatic heterocycles. The lowest BCUT2D eigenvalue weighted by molar-refractivity contribution is 0.164. The lowest BCUT2D eigenvalue weighted by atomic mass is 10.1. The summed E-state index contributed by atoms with van der Waals surface area (Å²) in [5, 5.41) is 10.9. The second kappa shape index (κ2) is 6.16. The first-order valence-corrected chi connectivity index (χ1v) is 5.89. The summed E-state index contributed by atoms with van der Waals surface area (Å²) in [6.07, 6.45) is 1.33. The van der Waals surface area contributed by atoms with Crippen molar-refractivity contribution >= 4 is 5.69 Å². The van der Waals surface area contributed by atoms with Gasteiger partial charge in [-0.3, -0.25) is 0 Å². The van der Waals surface area contributed by atoms with Crippen molar-refractivity contribution < 1.29 is 9.15 Å². The van der Waals surface area contributed by atoms with Gasteiger partial charge < -0.3 is 14.5 Å². The number of hydrogen-bond acceptors (Lipinski definition) is 5. The zero-order chi connectivity index (χ0) is 12.8. The van der Waals surface area contributed by atoms with Gasteiger partial charge in [0.25, 0.3) is 0 Å². The third-order valence-corrected chi connectivity index (χ3v) is 2.58. The van der Waals surface area contributed by atoms with E-state index >= 15 is 0 Å². The van der Waals surface area contributed by atoms with Gasteiger partial charge in [0.15, 0.2) is 0 Å². The molecule has 5 nitrogen and oxygen atoms in total. The molecular weight excluding hydrogens is 230 g/mol. The van der Waals surface area contributed by atoms with E-state index in [1.165, 1.54) is 6.39 Å². The Morgan fingerprint density at radius 3 is 3.06 bits per heavy atom. The zero-order valence-electron chi connectivity index (χ0n) is 10.6. The first-order chi connectivity index (χ1) is 8.79. The molecule has 5 heteroatoms. The van der Waals surface area contributed by atoms with E-state index in [2.05, 4.69) is 22.4 Å². The number of rotatable bonds is 6. The highest BCUT2D eigenvalue weighted by molar-refractivity contribution is 5.60. The van der Waals surface area contributed by atoms with E-state index in [0.717, 1.165) is 24.4 Å². The van der Waals surface area contributed by atoms with E-state index < -0.39 is 0 Å². The van der Waals surface area contributed by atoms with Crippen LogP contribution in [0.2, 0.25) is 0 Å². The van der Waals surface area contributed by atoms with Crippen LogP contribution in [0.15, 0.2) is 35.1 Å². The Bertz CT molecular complexity index is 471. The van der Waals surface area contributed by atoms with E-state index in [9.17, 15) is 0 Å². The van der Waals surface area contributed by atoms with E-state index in [4.69, 9.17) is 9.15 Å². The number of anilines is 1. The van der Waals surface area contributed by atoms with E-state index in [1.807, 2.05) is 24.3 Å². The summed E-state index contributed by atoms with van der Waals surface area (Å²) in [7, 11) is 1.71. The summed E-state index contributed by atoms with van der Waals surface area (Å²) in [6, 6.07) is 7.91. The number of hydrogen-bond donors (Lipinski definition) is 1. The van der Waals surface area contributed by atoms with Crippen LogP contribution in [0.1, 0.15) is 6.92 Å². The molecule has 1 unspecified atom stereocenters. The van der Waals surface area contributed by atoms with Crippen molar-refractivity contribution in [3.63, 3.8) is 0 Å². The molecule has 0 fully saturated rings. The zero-order valence-corrected chi connectivity index (χ0v) is 10.6. The summed E-state index contributed by atoms with van der Waals surface area (Å²) in [5.74, 6) is 0.991. The molecular formula is C13H17N3O2. The van der Waals surface area contributed by atoms with Crippen molar-refractivity contribution in [1.29, 1.82) is 0 Å². The van der Waals surface area contributed by atoms with Gasteiger partial charge in [0.05, 0.1) is 6.61 Å². The highest BCUT2D eigenvalue weighted by Gasteiger charge is 2.05. The first-order valence-electron chi connectivity index (χ1n) is 5.89. The van der Waals surface area contributed by atoms with Gasteiger partial charge in [0.2, 0.25) is 12.3 Å². The fourth-order valence-electron chi connectivity index (χ4n) is 1.70. The average Bonchev–Trinajstić information content (AvgIpc) is 2.91. The highest BCUT2D eigenvalue weighted by Crippen LogP contribution is 2.20. The molecule has 0 aliphatic carbocycles. The molecule has 0 amide bonds. The number of aromatic nitrogens is 2. The third kappa shape index (κ3) is 3.30. The van der Waals surface area contributed by atoms with E-state index in [0.29, 0.717) is 11.8 Å². The van der Waals surface area contributed by atoms with Crippen LogP contribution in [0, 0.1) is 5.92 Å². The second-order valence-electron chi connectivity index (χ2n) is 4.27. The quantitative estimate of drug-likeness (QED) is 0.849. The van der Waals surface area contributed by atoms with Gasteiger partial charge in [-0.05, 0) is 24.1 Å². The fourth-order valence-corrected chi connectivity index (χ4v) is 1.70. The number of nitrogens with one attached hydrogen (secondary N) is 1. The summed E-state index contributed by atoms with van der Waals surface area (Å²) in [6.45, 7) is 3.75. The predicted octanol–water partition coefficient (Wildman–Crippen LogP) is 2.43. The van der Waals surface area contributed by atoms with Gasteiger partial charge in [0.1, 0.15) is 0 Å². The number of benzene rings is 1. The number of ether oxygens (including phenoxy) is 1. The van der Waals surface area contributed by atoms with Gasteiger partial charge >= 0.3 is 0 Å². The second-order valence-corrected chi connectivity index (χ2v) is 4.27. The van der Waals surface area contributed by atoms with Crippen molar-refractivity contribution in [3.8, 4) is 11.5 Å². The summed E-state index contributed by atoms with van der Waals surface area (Å²) < 4.78 is 10.3. The molecule has 18 heavy (non-hydrogen) atoms. The summed E-state index contributed by atoms with van der Waals surface area (Å²) in [4.78, 5) is 0. The Labute approximate surface area is 106 Å². The number of nitrogens with zero attached hydrogens (tertiary/aromatic N) is 2. The number of methoxy groups -OCH3 is 1. The van der Waals surface area contributed by atoms with Crippen LogP contribution in [-0.2, 0) is 4.74 Å². The van der Waals surface area contributed by atoms with Crippen LogP contribution in [0.5, 0.6) is 0 Å². The van der Waals surface area contributed by atoms with Crippen LogP contribution in [0.25, 0.3) is 11.5 Å². The lowest BCUT2D eigenvalue weighted by Gasteiger charge is -2.12.